The number of piperidine rings is 1. The van der Waals surface area contributed by atoms with E-state index in [-0.39, 0.29) is 17.9 Å². The van der Waals surface area contributed by atoms with E-state index < -0.39 is 0 Å². The molecule has 3 aliphatic rings. The molecule has 3 saturated heterocycles. The smallest absolute Gasteiger partial charge is 0.242 e. The van der Waals surface area contributed by atoms with E-state index in [0.717, 1.165) is 62.4 Å². The molecule has 0 aliphatic carbocycles. The average molecular weight is 467 g/mol. The second kappa shape index (κ2) is 10.8. The highest BCUT2D eigenvalue weighted by Gasteiger charge is 2.38. The second-order valence-corrected chi connectivity index (χ2v) is 9.39. The summed E-state index contributed by atoms with van der Waals surface area (Å²) in [6.45, 7) is 6.99. The summed E-state index contributed by atoms with van der Waals surface area (Å²) >= 11 is 0. The fraction of sp³-hybridized carbons (Fsp3) is 0.577. The third-order valence-corrected chi connectivity index (χ3v) is 7.30. The molecular weight excluding hydrogens is 432 g/mol. The summed E-state index contributed by atoms with van der Waals surface area (Å²) in [6.07, 6.45) is 7.07. The zero-order valence-corrected chi connectivity index (χ0v) is 19.9. The summed E-state index contributed by atoms with van der Waals surface area (Å²) in [7, 11) is 0. The van der Waals surface area contributed by atoms with E-state index in [2.05, 4.69) is 14.9 Å². The number of carbonyl (C=O) groups excluding carboxylic acids is 1. The number of rotatable bonds is 5. The molecule has 1 unspecified atom stereocenters. The highest BCUT2D eigenvalue weighted by molar-refractivity contribution is 5.82. The Bertz CT molecular complexity index is 973. The molecule has 182 valence electrons. The number of carbonyl (C=O) groups is 1. The highest BCUT2D eigenvalue weighted by atomic mass is 16.5. The van der Waals surface area contributed by atoms with Gasteiger partial charge in [0.15, 0.2) is 0 Å². The number of likely N-dealkylation sites (tertiary alicyclic amines) is 1. The lowest BCUT2D eigenvalue weighted by Gasteiger charge is -2.44. The van der Waals surface area contributed by atoms with E-state index in [1.54, 1.807) is 12.4 Å². The number of para-hydroxylation sites is 1. The van der Waals surface area contributed by atoms with Gasteiger partial charge in [0.1, 0.15) is 17.5 Å². The lowest BCUT2D eigenvalue weighted by atomic mass is 9.92. The molecule has 1 aromatic carbocycles. The molecule has 8 nitrogen and oxygen atoms in total. The number of amides is 1. The van der Waals surface area contributed by atoms with Crippen molar-refractivity contribution in [1.29, 1.82) is 0 Å². The maximum atomic E-state index is 13.5. The van der Waals surface area contributed by atoms with Crippen molar-refractivity contribution >= 4 is 5.91 Å². The van der Waals surface area contributed by atoms with Gasteiger partial charge in [-0.2, -0.15) is 0 Å². The zero-order valence-electron chi connectivity index (χ0n) is 19.9. The van der Waals surface area contributed by atoms with Gasteiger partial charge in [-0.3, -0.25) is 14.7 Å². The number of ether oxygens (including phenoxy) is 3. The average Bonchev–Trinajstić information content (AvgIpc) is 2.90. The number of aryl methyl sites for hydroxylation is 1. The van der Waals surface area contributed by atoms with Crippen LogP contribution in [-0.2, 0) is 14.3 Å². The van der Waals surface area contributed by atoms with Gasteiger partial charge in [-0.25, -0.2) is 4.98 Å². The molecule has 34 heavy (non-hydrogen) atoms. The molecule has 0 spiro atoms. The van der Waals surface area contributed by atoms with E-state index in [0.29, 0.717) is 38.2 Å². The number of aromatic nitrogens is 2. The van der Waals surface area contributed by atoms with E-state index in [4.69, 9.17) is 14.2 Å². The third-order valence-electron chi connectivity index (χ3n) is 7.30. The number of hydrogen-bond acceptors (Lipinski definition) is 7. The molecule has 3 aliphatic heterocycles. The predicted octanol–water partition coefficient (Wildman–Crippen LogP) is 3.16. The lowest BCUT2D eigenvalue weighted by molar-refractivity contribution is -0.148. The standard InChI is InChI=1S/C26H34N4O4/c1-19-4-2-3-5-23(19)34-25-24(27-10-11-28-25)20-6-12-29(13-7-20)26(31)22-18-33-17-14-30(22)21-8-15-32-16-9-21/h2-5,10-11,20-22H,6-9,12-18H2,1H3. The van der Waals surface area contributed by atoms with Crippen LogP contribution < -0.4 is 4.74 Å². The van der Waals surface area contributed by atoms with Crippen LogP contribution in [0.1, 0.15) is 42.9 Å². The van der Waals surface area contributed by atoms with Gasteiger partial charge in [0, 0.05) is 57.2 Å². The molecule has 1 aromatic heterocycles. The molecule has 0 saturated carbocycles. The van der Waals surface area contributed by atoms with E-state index in [1.165, 1.54) is 0 Å². The van der Waals surface area contributed by atoms with Gasteiger partial charge in [0.05, 0.1) is 13.2 Å². The summed E-state index contributed by atoms with van der Waals surface area (Å²) < 4.78 is 17.4. The topological polar surface area (TPSA) is 77.0 Å². The quantitative estimate of drug-likeness (QED) is 0.670. The van der Waals surface area contributed by atoms with Crippen LogP contribution in [0.2, 0.25) is 0 Å². The van der Waals surface area contributed by atoms with Crippen molar-refractivity contribution in [2.24, 2.45) is 0 Å². The maximum absolute atomic E-state index is 13.5. The van der Waals surface area contributed by atoms with Crippen LogP contribution in [0.15, 0.2) is 36.7 Å². The van der Waals surface area contributed by atoms with Crippen molar-refractivity contribution in [3.63, 3.8) is 0 Å². The molecular formula is C26H34N4O4. The monoisotopic (exact) mass is 466 g/mol. The molecule has 2 aromatic rings. The largest absolute Gasteiger partial charge is 0.437 e. The summed E-state index contributed by atoms with van der Waals surface area (Å²) in [5, 5.41) is 0. The molecule has 0 bridgehead atoms. The Morgan fingerprint density at radius 3 is 2.53 bits per heavy atom. The van der Waals surface area contributed by atoms with Crippen molar-refractivity contribution in [2.45, 2.75) is 50.6 Å². The maximum Gasteiger partial charge on any atom is 0.242 e. The summed E-state index contributed by atoms with van der Waals surface area (Å²) in [5.41, 5.74) is 1.94. The Balaban J connectivity index is 1.23. The van der Waals surface area contributed by atoms with Crippen LogP contribution in [0.4, 0.5) is 0 Å². The van der Waals surface area contributed by atoms with Gasteiger partial charge >= 0.3 is 0 Å². The first-order valence-electron chi connectivity index (χ1n) is 12.4. The minimum absolute atomic E-state index is 0.190. The van der Waals surface area contributed by atoms with Crippen LogP contribution in [0.3, 0.4) is 0 Å². The number of nitrogens with zero attached hydrogens (tertiary/aromatic N) is 4. The molecule has 8 heteroatoms. The Morgan fingerprint density at radius 1 is 0.971 bits per heavy atom. The highest BCUT2D eigenvalue weighted by Crippen LogP contribution is 2.34. The Morgan fingerprint density at radius 2 is 1.74 bits per heavy atom. The first-order chi connectivity index (χ1) is 16.7. The second-order valence-electron chi connectivity index (χ2n) is 9.39. The van der Waals surface area contributed by atoms with Crippen LogP contribution in [0.25, 0.3) is 0 Å². The molecule has 4 heterocycles. The van der Waals surface area contributed by atoms with Crippen molar-refractivity contribution in [3.05, 3.63) is 47.9 Å². The van der Waals surface area contributed by atoms with Crippen molar-refractivity contribution in [3.8, 4) is 11.6 Å². The van der Waals surface area contributed by atoms with E-state index in [9.17, 15) is 4.79 Å². The molecule has 1 atom stereocenters. The number of hydrogen-bond donors (Lipinski definition) is 0. The van der Waals surface area contributed by atoms with Crippen molar-refractivity contribution < 1.29 is 19.0 Å². The molecule has 0 N–H and O–H groups in total. The minimum Gasteiger partial charge on any atom is -0.437 e. The normalized spacial score (nSPS) is 23.1. The van der Waals surface area contributed by atoms with Gasteiger partial charge in [0.2, 0.25) is 11.8 Å². The van der Waals surface area contributed by atoms with Crippen LogP contribution in [-0.4, -0.2) is 83.8 Å². The Hall–Kier alpha value is -2.55. The summed E-state index contributed by atoms with van der Waals surface area (Å²) in [4.78, 5) is 27.0. The molecule has 5 rings (SSSR count). The lowest BCUT2D eigenvalue weighted by Crippen LogP contribution is -2.59. The minimum atomic E-state index is -0.190. The van der Waals surface area contributed by atoms with Gasteiger partial charge in [0.25, 0.3) is 0 Å². The fourth-order valence-corrected chi connectivity index (χ4v) is 5.34. The van der Waals surface area contributed by atoms with Crippen LogP contribution in [0.5, 0.6) is 11.6 Å². The number of morpholine rings is 1. The summed E-state index contributed by atoms with van der Waals surface area (Å²) in [6, 6.07) is 8.14. The van der Waals surface area contributed by atoms with Crippen molar-refractivity contribution in [2.75, 3.05) is 46.1 Å². The van der Waals surface area contributed by atoms with Gasteiger partial charge in [-0.15, -0.1) is 0 Å². The summed E-state index contributed by atoms with van der Waals surface area (Å²) in [5.74, 6) is 1.77. The van der Waals surface area contributed by atoms with Gasteiger partial charge in [-0.05, 0) is 44.2 Å². The Kier molecular flexibility index (Phi) is 7.37. The Labute approximate surface area is 201 Å². The fourth-order valence-electron chi connectivity index (χ4n) is 5.34. The first-order valence-corrected chi connectivity index (χ1v) is 12.4. The van der Waals surface area contributed by atoms with E-state index >= 15 is 0 Å². The zero-order chi connectivity index (χ0) is 23.3. The molecule has 3 fully saturated rings. The number of benzene rings is 1. The molecule has 0 radical (unpaired) electrons. The predicted molar refractivity (Wildman–Crippen MR) is 127 cm³/mol. The van der Waals surface area contributed by atoms with Gasteiger partial charge < -0.3 is 19.1 Å². The van der Waals surface area contributed by atoms with Crippen LogP contribution >= 0.6 is 0 Å². The SMILES string of the molecule is Cc1ccccc1Oc1nccnc1C1CCN(C(=O)C2COCCN2C2CCOCC2)CC1. The first kappa shape index (κ1) is 23.2. The van der Waals surface area contributed by atoms with Crippen molar-refractivity contribution in [1.82, 2.24) is 19.8 Å². The molecule has 1 amide bonds. The van der Waals surface area contributed by atoms with E-state index in [1.807, 2.05) is 36.1 Å². The van der Waals surface area contributed by atoms with Crippen LogP contribution in [0, 0.1) is 6.92 Å². The van der Waals surface area contributed by atoms with Gasteiger partial charge in [-0.1, -0.05) is 18.2 Å². The third kappa shape index (κ3) is 5.09.